The van der Waals surface area contributed by atoms with Crippen molar-refractivity contribution in [3.8, 4) is 0 Å². The lowest BCUT2D eigenvalue weighted by Gasteiger charge is -2.26. The van der Waals surface area contributed by atoms with Crippen molar-refractivity contribution in [3.63, 3.8) is 0 Å². The molecule has 0 aliphatic carbocycles. The van der Waals surface area contributed by atoms with Crippen LogP contribution in [0.3, 0.4) is 0 Å². The molecule has 1 aliphatic rings. The van der Waals surface area contributed by atoms with Gasteiger partial charge in [-0.3, -0.25) is 0 Å². The summed E-state index contributed by atoms with van der Waals surface area (Å²) in [7, 11) is 2.23. The Balaban J connectivity index is 2.29. The summed E-state index contributed by atoms with van der Waals surface area (Å²) in [6.07, 6.45) is 1.27. The maximum absolute atomic E-state index is 5.57. The summed E-state index contributed by atoms with van der Waals surface area (Å²) < 4.78 is 5.57. The van der Waals surface area contributed by atoms with Crippen molar-refractivity contribution in [1.82, 2.24) is 10.2 Å². The van der Waals surface area contributed by atoms with E-state index in [2.05, 4.69) is 38.0 Å². The molecule has 1 fully saturated rings. The minimum atomic E-state index is 0.560. The van der Waals surface area contributed by atoms with Crippen molar-refractivity contribution in [1.29, 1.82) is 0 Å². The second-order valence-corrected chi connectivity index (χ2v) is 5.20. The lowest BCUT2D eigenvalue weighted by atomic mass is 10.0. The second-order valence-electron chi connectivity index (χ2n) is 5.20. The fourth-order valence-electron chi connectivity index (χ4n) is 2.40. The molecule has 1 N–H and O–H groups in total. The van der Waals surface area contributed by atoms with E-state index in [1.54, 1.807) is 0 Å². The lowest BCUT2D eigenvalue weighted by molar-refractivity contribution is 0.169. The molecule has 0 radical (unpaired) electrons. The normalized spacial score (nSPS) is 27.6. The minimum absolute atomic E-state index is 0.560. The highest BCUT2D eigenvalue weighted by atomic mass is 16.5. The Morgan fingerprint density at radius 1 is 1.38 bits per heavy atom. The van der Waals surface area contributed by atoms with Crippen molar-refractivity contribution >= 4 is 0 Å². The van der Waals surface area contributed by atoms with E-state index in [0.717, 1.165) is 32.2 Å². The maximum atomic E-state index is 5.57. The van der Waals surface area contributed by atoms with E-state index >= 15 is 0 Å². The third-order valence-electron chi connectivity index (χ3n) is 3.53. The quantitative estimate of drug-likeness (QED) is 0.716. The molecule has 3 atom stereocenters. The Morgan fingerprint density at radius 3 is 2.75 bits per heavy atom. The number of nitrogens with zero attached hydrogens (tertiary/aromatic N) is 1. The fourth-order valence-corrected chi connectivity index (χ4v) is 2.40. The van der Waals surface area contributed by atoms with Crippen LogP contribution >= 0.6 is 0 Å². The first-order chi connectivity index (χ1) is 7.67. The van der Waals surface area contributed by atoms with Crippen LogP contribution in [-0.4, -0.2) is 50.8 Å². The van der Waals surface area contributed by atoms with E-state index in [9.17, 15) is 0 Å². The molecule has 3 unspecified atom stereocenters. The zero-order valence-electron chi connectivity index (χ0n) is 11.3. The van der Waals surface area contributed by atoms with E-state index < -0.39 is 0 Å². The Labute approximate surface area is 101 Å². The van der Waals surface area contributed by atoms with Gasteiger partial charge in [-0.1, -0.05) is 27.2 Å². The highest BCUT2D eigenvalue weighted by Gasteiger charge is 2.28. The molecule has 0 aromatic rings. The van der Waals surface area contributed by atoms with Gasteiger partial charge in [-0.25, -0.2) is 0 Å². The first-order valence-electron chi connectivity index (χ1n) is 6.67. The molecule has 0 aromatic carbocycles. The van der Waals surface area contributed by atoms with E-state index in [1.165, 1.54) is 13.0 Å². The van der Waals surface area contributed by atoms with Crippen molar-refractivity contribution in [3.05, 3.63) is 0 Å². The molecule has 0 saturated carbocycles. The lowest BCUT2D eigenvalue weighted by Crippen LogP contribution is -2.41. The van der Waals surface area contributed by atoms with E-state index in [1.807, 2.05) is 0 Å². The van der Waals surface area contributed by atoms with Crippen LogP contribution in [0, 0.1) is 11.8 Å². The van der Waals surface area contributed by atoms with Gasteiger partial charge in [0.1, 0.15) is 0 Å². The van der Waals surface area contributed by atoms with Gasteiger partial charge in [0.15, 0.2) is 0 Å². The number of hydrogen-bond acceptors (Lipinski definition) is 3. The van der Waals surface area contributed by atoms with Crippen LogP contribution in [0.1, 0.15) is 27.2 Å². The van der Waals surface area contributed by atoms with Crippen LogP contribution in [-0.2, 0) is 4.74 Å². The van der Waals surface area contributed by atoms with Crippen LogP contribution in [0.5, 0.6) is 0 Å². The standard InChI is InChI=1S/C13H28N2O/c1-5-11(3)7-15(4)8-12-9-16-10-13(12)14-6-2/h11-14H,5-10H2,1-4H3. The Hall–Kier alpha value is -0.120. The number of hydrogen-bond donors (Lipinski definition) is 1. The second kappa shape index (κ2) is 7.25. The molecule has 0 aromatic heterocycles. The van der Waals surface area contributed by atoms with Crippen LogP contribution in [0.25, 0.3) is 0 Å². The van der Waals surface area contributed by atoms with Gasteiger partial charge in [0, 0.05) is 25.0 Å². The average molecular weight is 228 g/mol. The minimum Gasteiger partial charge on any atom is -0.379 e. The van der Waals surface area contributed by atoms with E-state index in [-0.39, 0.29) is 0 Å². The van der Waals surface area contributed by atoms with Crippen LogP contribution in [0.2, 0.25) is 0 Å². The van der Waals surface area contributed by atoms with Crippen molar-refractivity contribution in [2.75, 3.05) is 39.9 Å². The van der Waals surface area contributed by atoms with Gasteiger partial charge in [-0.15, -0.1) is 0 Å². The topological polar surface area (TPSA) is 24.5 Å². The zero-order valence-corrected chi connectivity index (χ0v) is 11.3. The fraction of sp³-hybridized carbons (Fsp3) is 1.00. The average Bonchev–Trinajstić information content (AvgIpc) is 2.66. The van der Waals surface area contributed by atoms with Crippen molar-refractivity contribution < 1.29 is 4.74 Å². The summed E-state index contributed by atoms with van der Waals surface area (Å²) >= 11 is 0. The van der Waals surface area contributed by atoms with Gasteiger partial charge in [0.05, 0.1) is 13.2 Å². The third-order valence-corrected chi connectivity index (χ3v) is 3.53. The Morgan fingerprint density at radius 2 is 2.12 bits per heavy atom. The molecule has 0 spiro atoms. The van der Waals surface area contributed by atoms with Crippen LogP contribution < -0.4 is 5.32 Å². The summed E-state index contributed by atoms with van der Waals surface area (Å²) in [5, 5.41) is 3.52. The third kappa shape index (κ3) is 4.40. The number of rotatable bonds is 7. The van der Waals surface area contributed by atoms with Gasteiger partial charge in [0.2, 0.25) is 0 Å². The predicted molar refractivity (Wildman–Crippen MR) is 68.7 cm³/mol. The molecule has 3 nitrogen and oxygen atoms in total. The van der Waals surface area contributed by atoms with Gasteiger partial charge in [0.25, 0.3) is 0 Å². The van der Waals surface area contributed by atoms with Crippen molar-refractivity contribution in [2.24, 2.45) is 11.8 Å². The first kappa shape index (κ1) is 13.9. The zero-order chi connectivity index (χ0) is 12.0. The summed E-state index contributed by atoms with van der Waals surface area (Å²) in [5.74, 6) is 1.46. The first-order valence-corrected chi connectivity index (χ1v) is 6.67. The molecule has 96 valence electrons. The number of ether oxygens (including phenoxy) is 1. The molecule has 1 saturated heterocycles. The smallest absolute Gasteiger partial charge is 0.0623 e. The number of nitrogens with one attached hydrogen (secondary N) is 1. The molecule has 1 rings (SSSR count). The van der Waals surface area contributed by atoms with E-state index in [0.29, 0.717) is 12.0 Å². The Bertz CT molecular complexity index is 187. The van der Waals surface area contributed by atoms with Gasteiger partial charge in [-0.05, 0) is 19.5 Å². The summed E-state index contributed by atoms with van der Waals surface area (Å²) in [6, 6.07) is 0.560. The molecule has 0 bridgehead atoms. The summed E-state index contributed by atoms with van der Waals surface area (Å²) in [5.41, 5.74) is 0. The largest absolute Gasteiger partial charge is 0.379 e. The van der Waals surface area contributed by atoms with Crippen LogP contribution in [0.4, 0.5) is 0 Å². The van der Waals surface area contributed by atoms with Gasteiger partial charge < -0.3 is 15.0 Å². The molecule has 1 heterocycles. The van der Waals surface area contributed by atoms with E-state index in [4.69, 9.17) is 4.74 Å². The molecule has 1 aliphatic heterocycles. The molecule has 16 heavy (non-hydrogen) atoms. The maximum Gasteiger partial charge on any atom is 0.0623 e. The monoisotopic (exact) mass is 228 g/mol. The van der Waals surface area contributed by atoms with Crippen LogP contribution in [0.15, 0.2) is 0 Å². The highest BCUT2D eigenvalue weighted by Crippen LogP contribution is 2.15. The predicted octanol–water partition coefficient (Wildman–Crippen LogP) is 1.59. The van der Waals surface area contributed by atoms with Gasteiger partial charge in [-0.2, -0.15) is 0 Å². The van der Waals surface area contributed by atoms with Gasteiger partial charge >= 0.3 is 0 Å². The Kier molecular flexibility index (Phi) is 6.32. The molecule has 0 amide bonds. The summed E-state index contributed by atoms with van der Waals surface area (Å²) in [4.78, 5) is 2.46. The van der Waals surface area contributed by atoms with Crippen molar-refractivity contribution in [2.45, 2.75) is 33.2 Å². The number of likely N-dealkylation sites (N-methyl/N-ethyl adjacent to an activating group) is 1. The molecular formula is C13H28N2O. The molecule has 3 heteroatoms. The SMILES string of the molecule is CCNC1COCC1CN(C)CC(C)CC. The molecular weight excluding hydrogens is 200 g/mol. The summed E-state index contributed by atoms with van der Waals surface area (Å²) in [6.45, 7) is 12.0. The highest BCUT2D eigenvalue weighted by molar-refractivity contribution is 4.83.